The summed E-state index contributed by atoms with van der Waals surface area (Å²) in [5.41, 5.74) is 11.6. The van der Waals surface area contributed by atoms with Crippen LogP contribution >= 0.6 is 0 Å². The zero-order chi connectivity index (χ0) is 11.7. The van der Waals surface area contributed by atoms with E-state index in [4.69, 9.17) is 11.5 Å². The van der Waals surface area contributed by atoms with Crippen molar-refractivity contribution in [2.75, 3.05) is 5.73 Å². The van der Waals surface area contributed by atoms with E-state index in [1.54, 1.807) is 12.1 Å². The van der Waals surface area contributed by atoms with Crippen LogP contribution < -0.4 is 11.5 Å². The Balaban J connectivity index is 2.61. The summed E-state index contributed by atoms with van der Waals surface area (Å²) in [6.45, 7) is 1.84. The zero-order valence-electron chi connectivity index (χ0n) is 8.94. The number of hydrogen-bond acceptors (Lipinski definition) is 4. The van der Waals surface area contributed by atoms with Crippen molar-refractivity contribution in [2.24, 2.45) is 5.73 Å². The zero-order valence-corrected chi connectivity index (χ0v) is 8.94. The fourth-order valence-corrected chi connectivity index (χ4v) is 1.57. The van der Waals surface area contributed by atoms with E-state index in [-0.39, 0.29) is 11.6 Å². The molecule has 0 bridgehead atoms. The second-order valence-corrected chi connectivity index (χ2v) is 3.84. The van der Waals surface area contributed by atoms with Crippen molar-refractivity contribution < 1.29 is 4.39 Å². The SMILES string of the molecule is CC(N)Cc1nc(N)c2cccc(F)c2n1. The molecule has 4 nitrogen and oxygen atoms in total. The second kappa shape index (κ2) is 4.02. The topological polar surface area (TPSA) is 77.8 Å². The maximum Gasteiger partial charge on any atom is 0.149 e. The molecule has 0 fully saturated rings. The van der Waals surface area contributed by atoms with Crippen LogP contribution in [-0.4, -0.2) is 16.0 Å². The van der Waals surface area contributed by atoms with Crippen molar-refractivity contribution in [1.82, 2.24) is 9.97 Å². The summed E-state index contributed by atoms with van der Waals surface area (Å²) in [5.74, 6) is 0.378. The Bertz CT molecular complexity index is 525. The predicted octanol–water partition coefficient (Wildman–Crippen LogP) is 1.24. The molecule has 16 heavy (non-hydrogen) atoms. The molecular formula is C11H13FN4. The minimum atomic E-state index is -0.391. The van der Waals surface area contributed by atoms with Crippen molar-refractivity contribution in [3.8, 4) is 0 Å². The molecule has 0 aliphatic heterocycles. The number of benzene rings is 1. The molecule has 0 aliphatic rings. The Morgan fingerprint density at radius 1 is 1.38 bits per heavy atom. The van der Waals surface area contributed by atoms with E-state index < -0.39 is 5.82 Å². The molecule has 1 aromatic heterocycles. The Labute approximate surface area is 92.5 Å². The molecule has 0 amide bonds. The number of hydrogen-bond donors (Lipinski definition) is 2. The van der Waals surface area contributed by atoms with Gasteiger partial charge in [-0.3, -0.25) is 0 Å². The average molecular weight is 220 g/mol. The van der Waals surface area contributed by atoms with Crippen LogP contribution in [-0.2, 0) is 6.42 Å². The van der Waals surface area contributed by atoms with E-state index in [0.717, 1.165) is 0 Å². The number of nitrogens with zero attached hydrogens (tertiary/aromatic N) is 2. The van der Waals surface area contributed by atoms with Gasteiger partial charge in [0, 0.05) is 17.8 Å². The summed E-state index contributed by atoms with van der Waals surface area (Å²) >= 11 is 0. The lowest BCUT2D eigenvalue weighted by Gasteiger charge is -2.07. The van der Waals surface area contributed by atoms with Crippen molar-refractivity contribution in [3.05, 3.63) is 29.8 Å². The molecule has 1 aromatic carbocycles. The van der Waals surface area contributed by atoms with Crippen LogP contribution in [0.15, 0.2) is 18.2 Å². The van der Waals surface area contributed by atoms with Gasteiger partial charge >= 0.3 is 0 Å². The lowest BCUT2D eigenvalue weighted by Crippen LogP contribution is -2.19. The minimum Gasteiger partial charge on any atom is -0.383 e. The smallest absolute Gasteiger partial charge is 0.149 e. The molecule has 0 aliphatic carbocycles. The molecule has 5 heteroatoms. The third-order valence-electron chi connectivity index (χ3n) is 2.26. The van der Waals surface area contributed by atoms with Gasteiger partial charge in [0.15, 0.2) is 0 Å². The van der Waals surface area contributed by atoms with Gasteiger partial charge in [0.2, 0.25) is 0 Å². The van der Waals surface area contributed by atoms with E-state index in [0.29, 0.717) is 23.4 Å². The van der Waals surface area contributed by atoms with Gasteiger partial charge < -0.3 is 11.5 Å². The molecule has 0 radical (unpaired) electrons. The van der Waals surface area contributed by atoms with Crippen LogP contribution in [0.3, 0.4) is 0 Å². The number of para-hydroxylation sites is 1. The standard InChI is InChI=1S/C11H13FN4/c1-6(13)5-9-15-10-7(11(14)16-9)3-2-4-8(10)12/h2-4,6H,5,13H2,1H3,(H2,14,15,16). The first-order valence-electron chi connectivity index (χ1n) is 5.04. The highest BCUT2D eigenvalue weighted by Gasteiger charge is 2.09. The van der Waals surface area contributed by atoms with Gasteiger partial charge in [-0.2, -0.15) is 0 Å². The quantitative estimate of drug-likeness (QED) is 0.798. The summed E-state index contributed by atoms with van der Waals surface area (Å²) in [4.78, 5) is 8.23. The lowest BCUT2D eigenvalue weighted by atomic mass is 10.2. The second-order valence-electron chi connectivity index (χ2n) is 3.84. The van der Waals surface area contributed by atoms with E-state index >= 15 is 0 Å². The van der Waals surface area contributed by atoms with Crippen LogP contribution in [0.5, 0.6) is 0 Å². The van der Waals surface area contributed by atoms with Gasteiger partial charge in [-0.05, 0) is 19.1 Å². The number of halogens is 1. The number of nitrogen functional groups attached to an aromatic ring is 1. The summed E-state index contributed by atoms with van der Waals surface area (Å²) in [6, 6.07) is 4.56. The van der Waals surface area contributed by atoms with Crippen LogP contribution in [0.4, 0.5) is 10.2 Å². The van der Waals surface area contributed by atoms with E-state index in [1.807, 2.05) is 6.92 Å². The normalized spacial score (nSPS) is 12.9. The molecule has 2 aromatic rings. The Morgan fingerprint density at radius 2 is 2.12 bits per heavy atom. The summed E-state index contributed by atoms with van der Waals surface area (Å²) in [5, 5.41) is 0.536. The first kappa shape index (κ1) is 10.8. The third kappa shape index (κ3) is 1.94. The number of rotatable bonds is 2. The van der Waals surface area contributed by atoms with Crippen molar-refractivity contribution in [2.45, 2.75) is 19.4 Å². The molecule has 4 N–H and O–H groups in total. The molecule has 0 saturated carbocycles. The highest BCUT2D eigenvalue weighted by atomic mass is 19.1. The van der Waals surface area contributed by atoms with E-state index in [2.05, 4.69) is 9.97 Å². The average Bonchev–Trinajstić information content (AvgIpc) is 2.19. The maximum atomic E-state index is 13.5. The molecule has 0 saturated heterocycles. The number of nitrogens with two attached hydrogens (primary N) is 2. The van der Waals surface area contributed by atoms with Gasteiger partial charge in [0.1, 0.15) is 23.0 Å². The minimum absolute atomic E-state index is 0.0800. The molecule has 1 unspecified atom stereocenters. The van der Waals surface area contributed by atoms with Crippen molar-refractivity contribution in [1.29, 1.82) is 0 Å². The van der Waals surface area contributed by atoms with E-state index in [1.165, 1.54) is 6.07 Å². The molecular weight excluding hydrogens is 207 g/mol. The van der Waals surface area contributed by atoms with Crippen LogP contribution in [0, 0.1) is 5.82 Å². The number of aromatic nitrogens is 2. The first-order chi connectivity index (χ1) is 7.58. The monoisotopic (exact) mass is 220 g/mol. The van der Waals surface area contributed by atoms with Crippen molar-refractivity contribution >= 4 is 16.7 Å². The molecule has 84 valence electrons. The van der Waals surface area contributed by atoms with Gasteiger partial charge in [0.05, 0.1) is 0 Å². The number of fused-ring (bicyclic) bond motifs is 1. The van der Waals surface area contributed by atoms with Crippen LogP contribution in [0.25, 0.3) is 10.9 Å². The molecule has 1 atom stereocenters. The highest BCUT2D eigenvalue weighted by Crippen LogP contribution is 2.20. The Morgan fingerprint density at radius 3 is 2.81 bits per heavy atom. The molecule has 1 heterocycles. The van der Waals surface area contributed by atoms with Gasteiger partial charge in [-0.15, -0.1) is 0 Å². The fourth-order valence-electron chi connectivity index (χ4n) is 1.57. The van der Waals surface area contributed by atoms with Gasteiger partial charge in [-0.1, -0.05) is 6.07 Å². The van der Waals surface area contributed by atoms with E-state index in [9.17, 15) is 4.39 Å². The fraction of sp³-hybridized carbons (Fsp3) is 0.273. The van der Waals surface area contributed by atoms with Crippen LogP contribution in [0.2, 0.25) is 0 Å². The lowest BCUT2D eigenvalue weighted by molar-refractivity contribution is 0.634. The van der Waals surface area contributed by atoms with Gasteiger partial charge in [0.25, 0.3) is 0 Å². The molecule has 0 spiro atoms. The maximum absolute atomic E-state index is 13.5. The summed E-state index contributed by atoms with van der Waals surface area (Å²) in [6.07, 6.45) is 0.481. The van der Waals surface area contributed by atoms with Gasteiger partial charge in [-0.25, -0.2) is 14.4 Å². The number of anilines is 1. The Hall–Kier alpha value is -1.75. The molecule has 2 rings (SSSR count). The van der Waals surface area contributed by atoms with Crippen LogP contribution in [0.1, 0.15) is 12.7 Å². The third-order valence-corrected chi connectivity index (χ3v) is 2.26. The summed E-state index contributed by atoms with van der Waals surface area (Å²) < 4.78 is 13.5. The Kier molecular flexibility index (Phi) is 2.70. The summed E-state index contributed by atoms with van der Waals surface area (Å²) in [7, 11) is 0. The van der Waals surface area contributed by atoms with Crippen molar-refractivity contribution in [3.63, 3.8) is 0 Å². The first-order valence-corrected chi connectivity index (χ1v) is 5.04. The predicted molar refractivity (Wildman–Crippen MR) is 61.3 cm³/mol. The largest absolute Gasteiger partial charge is 0.383 e. The highest BCUT2D eigenvalue weighted by molar-refractivity contribution is 5.88.